The summed E-state index contributed by atoms with van der Waals surface area (Å²) in [5.41, 5.74) is 0.923. The van der Waals surface area contributed by atoms with Crippen molar-refractivity contribution >= 4 is 52.5 Å². The van der Waals surface area contributed by atoms with Crippen molar-refractivity contribution in [2.75, 3.05) is 25.2 Å². The van der Waals surface area contributed by atoms with Crippen molar-refractivity contribution in [2.45, 2.75) is 13.8 Å². The van der Waals surface area contributed by atoms with Gasteiger partial charge in [-0.15, -0.1) is 0 Å². The number of benzene rings is 2. The molecule has 0 aliphatic carbocycles. The van der Waals surface area contributed by atoms with Crippen LogP contribution in [0.5, 0.6) is 17.2 Å². The van der Waals surface area contributed by atoms with Gasteiger partial charge in [-0.1, -0.05) is 11.6 Å². The second kappa shape index (κ2) is 9.80. The maximum Gasteiger partial charge on any atom is 0.270 e. The van der Waals surface area contributed by atoms with E-state index in [9.17, 15) is 9.59 Å². The third-order valence-electron chi connectivity index (χ3n) is 4.36. The largest absolute Gasteiger partial charge is 0.497 e. The molecular weight excluding hydrogens is 440 g/mol. The molecule has 0 spiro atoms. The predicted molar refractivity (Wildman–Crippen MR) is 123 cm³/mol. The van der Waals surface area contributed by atoms with E-state index in [-0.39, 0.29) is 10.7 Å². The Labute approximate surface area is 190 Å². The van der Waals surface area contributed by atoms with Gasteiger partial charge in [0.25, 0.3) is 11.8 Å². The number of nitrogens with zero attached hydrogens (tertiary/aromatic N) is 1. The zero-order valence-electron chi connectivity index (χ0n) is 17.2. The minimum Gasteiger partial charge on any atom is -0.497 e. The number of hydrogen-bond donors (Lipinski definition) is 1. The summed E-state index contributed by atoms with van der Waals surface area (Å²) in [5.74, 6) is 0.319. The van der Waals surface area contributed by atoms with Crippen LogP contribution in [0.15, 0.2) is 42.0 Å². The highest BCUT2D eigenvalue weighted by molar-refractivity contribution is 7.80. The van der Waals surface area contributed by atoms with Gasteiger partial charge in [-0.05, 0) is 74.1 Å². The van der Waals surface area contributed by atoms with Gasteiger partial charge in [0.2, 0.25) is 0 Å². The van der Waals surface area contributed by atoms with E-state index in [1.807, 2.05) is 13.8 Å². The number of thiocarbonyl (C=S) groups is 1. The molecule has 1 N–H and O–H groups in total. The van der Waals surface area contributed by atoms with Gasteiger partial charge in [-0.3, -0.25) is 19.8 Å². The molecule has 0 atom stereocenters. The maximum atomic E-state index is 13.2. The Balaban J connectivity index is 2.01. The molecule has 2 aromatic rings. The smallest absolute Gasteiger partial charge is 0.270 e. The van der Waals surface area contributed by atoms with Crippen LogP contribution in [0.3, 0.4) is 0 Å². The van der Waals surface area contributed by atoms with Crippen molar-refractivity contribution in [3.8, 4) is 17.2 Å². The number of carbonyl (C=O) groups is 2. The van der Waals surface area contributed by atoms with Crippen LogP contribution in [0.25, 0.3) is 6.08 Å². The quantitative estimate of drug-likeness (QED) is 0.382. The zero-order chi connectivity index (χ0) is 22.5. The molecule has 1 heterocycles. The first-order chi connectivity index (χ1) is 14.9. The molecule has 1 aliphatic rings. The van der Waals surface area contributed by atoms with Crippen LogP contribution in [-0.4, -0.2) is 37.3 Å². The third-order valence-corrected chi connectivity index (χ3v) is 4.93. The summed E-state index contributed by atoms with van der Waals surface area (Å²) in [7, 11) is 1.55. The molecule has 31 heavy (non-hydrogen) atoms. The molecule has 2 amide bonds. The normalized spacial score (nSPS) is 15.2. The molecule has 9 heteroatoms. The van der Waals surface area contributed by atoms with Gasteiger partial charge in [0, 0.05) is 0 Å². The Kier molecular flexibility index (Phi) is 7.14. The molecule has 7 nitrogen and oxygen atoms in total. The van der Waals surface area contributed by atoms with E-state index < -0.39 is 11.8 Å². The molecular formula is C22H21ClN2O5S. The molecule has 3 rings (SSSR count). The van der Waals surface area contributed by atoms with E-state index in [2.05, 4.69) is 5.32 Å². The molecule has 1 fully saturated rings. The van der Waals surface area contributed by atoms with Gasteiger partial charge < -0.3 is 14.2 Å². The molecule has 1 saturated heterocycles. The SMILES string of the molecule is CCOc1cc(/C=C2\C(=O)NC(=S)N(c3ccc(OC)cc3)C2=O)cc(Cl)c1OCC. The summed E-state index contributed by atoms with van der Waals surface area (Å²) in [5, 5.41) is 2.86. The highest BCUT2D eigenvalue weighted by Crippen LogP contribution is 2.37. The number of carbonyl (C=O) groups excluding carboxylic acids is 2. The minimum atomic E-state index is -0.595. The average molecular weight is 461 g/mol. The summed E-state index contributed by atoms with van der Waals surface area (Å²) >= 11 is 11.6. The van der Waals surface area contributed by atoms with Gasteiger partial charge in [0.1, 0.15) is 11.3 Å². The van der Waals surface area contributed by atoms with Crippen molar-refractivity contribution in [1.82, 2.24) is 5.32 Å². The molecule has 0 saturated carbocycles. The minimum absolute atomic E-state index is 0.00273. The Morgan fingerprint density at radius 3 is 2.39 bits per heavy atom. The molecule has 1 aliphatic heterocycles. The number of rotatable bonds is 7. The first-order valence-corrected chi connectivity index (χ1v) is 10.3. The number of nitrogens with one attached hydrogen (secondary N) is 1. The van der Waals surface area contributed by atoms with Crippen molar-refractivity contribution in [3.05, 3.63) is 52.6 Å². The first-order valence-electron chi connectivity index (χ1n) is 9.54. The lowest BCUT2D eigenvalue weighted by Gasteiger charge is -2.29. The van der Waals surface area contributed by atoms with E-state index in [0.29, 0.717) is 46.7 Å². The number of hydrogen-bond acceptors (Lipinski definition) is 6. The fourth-order valence-corrected chi connectivity index (χ4v) is 3.56. The lowest BCUT2D eigenvalue weighted by Crippen LogP contribution is -2.54. The van der Waals surface area contributed by atoms with Crippen molar-refractivity contribution in [3.63, 3.8) is 0 Å². The van der Waals surface area contributed by atoms with Crippen LogP contribution in [0.1, 0.15) is 19.4 Å². The molecule has 0 aromatic heterocycles. The lowest BCUT2D eigenvalue weighted by atomic mass is 10.1. The highest BCUT2D eigenvalue weighted by Gasteiger charge is 2.34. The van der Waals surface area contributed by atoms with Gasteiger partial charge in [-0.25, -0.2) is 0 Å². The van der Waals surface area contributed by atoms with E-state index in [0.717, 1.165) is 0 Å². The van der Waals surface area contributed by atoms with Crippen molar-refractivity contribution in [1.29, 1.82) is 0 Å². The van der Waals surface area contributed by atoms with Crippen molar-refractivity contribution in [2.24, 2.45) is 0 Å². The Hall–Kier alpha value is -3.10. The first kappa shape index (κ1) is 22.6. The number of amides is 2. The van der Waals surface area contributed by atoms with Crippen LogP contribution < -0.4 is 24.4 Å². The number of anilines is 1. The molecule has 0 unspecified atom stereocenters. The zero-order valence-corrected chi connectivity index (χ0v) is 18.8. The summed E-state index contributed by atoms with van der Waals surface area (Å²) in [4.78, 5) is 26.9. The van der Waals surface area contributed by atoms with Gasteiger partial charge in [0.15, 0.2) is 16.6 Å². The van der Waals surface area contributed by atoms with Crippen LogP contribution in [0.4, 0.5) is 5.69 Å². The molecule has 0 bridgehead atoms. The topological polar surface area (TPSA) is 77.1 Å². The van der Waals surface area contributed by atoms with E-state index >= 15 is 0 Å². The van der Waals surface area contributed by atoms with Crippen LogP contribution in [0, 0.1) is 0 Å². The van der Waals surface area contributed by atoms with Gasteiger partial charge in [0.05, 0.1) is 31.0 Å². The molecule has 0 radical (unpaired) electrons. The standard InChI is InChI=1S/C22H21ClN2O5S/c1-4-29-18-12-13(11-17(23)19(18)30-5-2)10-16-20(26)24-22(31)25(21(16)27)14-6-8-15(28-3)9-7-14/h6-12H,4-5H2,1-3H3,(H,24,26,31)/b16-10+. The number of halogens is 1. The van der Waals surface area contributed by atoms with Gasteiger partial charge >= 0.3 is 0 Å². The Morgan fingerprint density at radius 1 is 1.10 bits per heavy atom. The second-order valence-electron chi connectivity index (χ2n) is 6.35. The summed E-state index contributed by atoms with van der Waals surface area (Å²) < 4.78 is 16.3. The van der Waals surface area contributed by atoms with Crippen LogP contribution >= 0.6 is 23.8 Å². The van der Waals surface area contributed by atoms with E-state index in [1.165, 1.54) is 11.0 Å². The fourth-order valence-electron chi connectivity index (χ4n) is 3.01. The van der Waals surface area contributed by atoms with Crippen LogP contribution in [-0.2, 0) is 9.59 Å². The fraction of sp³-hybridized carbons (Fsp3) is 0.227. The highest BCUT2D eigenvalue weighted by atomic mass is 35.5. The second-order valence-corrected chi connectivity index (χ2v) is 7.15. The number of ether oxygens (including phenoxy) is 3. The Morgan fingerprint density at radius 2 is 1.77 bits per heavy atom. The molecule has 162 valence electrons. The third kappa shape index (κ3) is 4.81. The number of methoxy groups -OCH3 is 1. The monoisotopic (exact) mass is 460 g/mol. The van der Waals surface area contributed by atoms with Gasteiger partial charge in [-0.2, -0.15) is 0 Å². The van der Waals surface area contributed by atoms with Crippen LogP contribution in [0.2, 0.25) is 5.02 Å². The lowest BCUT2D eigenvalue weighted by molar-refractivity contribution is -0.122. The van der Waals surface area contributed by atoms with E-state index in [1.54, 1.807) is 43.5 Å². The summed E-state index contributed by atoms with van der Waals surface area (Å²) in [6, 6.07) is 10.0. The predicted octanol–water partition coefficient (Wildman–Crippen LogP) is 3.98. The average Bonchev–Trinajstić information content (AvgIpc) is 2.74. The van der Waals surface area contributed by atoms with E-state index in [4.69, 9.17) is 38.0 Å². The Bertz CT molecular complexity index is 1050. The molecule has 2 aromatic carbocycles. The maximum absolute atomic E-state index is 13.2. The summed E-state index contributed by atoms with van der Waals surface area (Å²) in [6.45, 7) is 4.48. The summed E-state index contributed by atoms with van der Waals surface area (Å²) in [6.07, 6.45) is 1.44. The van der Waals surface area contributed by atoms with Crippen molar-refractivity contribution < 1.29 is 23.8 Å².